The predicted octanol–water partition coefficient (Wildman–Crippen LogP) is 3.82. The number of rotatable bonds is 2. The van der Waals surface area contributed by atoms with E-state index in [9.17, 15) is 5.11 Å². The summed E-state index contributed by atoms with van der Waals surface area (Å²) in [6, 6.07) is 2.09. The second-order valence-electron chi connectivity index (χ2n) is 3.78. The van der Waals surface area contributed by atoms with Gasteiger partial charge in [-0.15, -0.1) is 11.3 Å². The second kappa shape index (κ2) is 4.08. The van der Waals surface area contributed by atoms with E-state index in [0.29, 0.717) is 0 Å². The highest BCUT2D eigenvalue weighted by Crippen LogP contribution is 2.33. The Morgan fingerprint density at radius 1 is 1.13 bits per heavy atom. The first kappa shape index (κ1) is 10.9. The average molecular weight is 238 g/mol. The Hall–Kier alpha value is -0.640. The van der Waals surface area contributed by atoms with Gasteiger partial charge in [0.2, 0.25) is 0 Å². The van der Waals surface area contributed by atoms with Crippen molar-refractivity contribution in [1.29, 1.82) is 0 Å². The van der Waals surface area contributed by atoms with Crippen molar-refractivity contribution in [3.8, 4) is 0 Å². The molecule has 1 unspecified atom stereocenters. The van der Waals surface area contributed by atoms with Crippen molar-refractivity contribution in [3.63, 3.8) is 0 Å². The Labute approximate surface area is 98.0 Å². The molecule has 0 spiro atoms. The molecule has 0 bridgehead atoms. The Morgan fingerprint density at radius 2 is 1.87 bits per heavy atom. The normalized spacial score (nSPS) is 13.1. The summed E-state index contributed by atoms with van der Waals surface area (Å²) in [6.07, 6.45) is -0.457. The van der Waals surface area contributed by atoms with Gasteiger partial charge in [-0.2, -0.15) is 11.3 Å². The molecule has 2 aromatic rings. The van der Waals surface area contributed by atoms with E-state index in [1.165, 1.54) is 15.3 Å². The Morgan fingerprint density at radius 3 is 2.33 bits per heavy atom. The van der Waals surface area contributed by atoms with Crippen molar-refractivity contribution in [3.05, 3.63) is 43.3 Å². The Bertz CT molecular complexity index is 468. The third-order valence-corrected chi connectivity index (χ3v) is 4.43. The summed E-state index contributed by atoms with van der Waals surface area (Å²) in [5.74, 6) is 0. The maximum absolute atomic E-state index is 10.3. The lowest BCUT2D eigenvalue weighted by atomic mass is 10.0. The van der Waals surface area contributed by atoms with Gasteiger partial charge in [0.15, 0.2) is 0 Å². The molecule has 0 aliphatic heterocycles. The molecule has 0 aliphatic rings. The summed E-state index contributed by atoms with van der Waals surface area (Å²) in [5.41, 5.74) is 3.27. The molecule has 1 N–H and O–H groups in total. The topological polar surface area (TPSA) is 20.2 Å². The number of thiophene rings is 2. The van der Waals surface area contributed by atoms with E-state index in [4.69, 9.17) is 0 Å². The fourth-order valence-corrected chi connectivity index (χ4v) is 3.57. The fourth-order valence-electron chi connectivity index (χ4n) is 1.74. The molecule has 80 valence electrons. The standard InChI is InChI=1S/C12H14OS2/c1-7-5-14-6-11(7)12(13)10-4-8(2)15-9(10)3/h4-6,12-13H,1-3H3. The molecule has 0 fully saturated rings. The van der Waals surface area contributed by atoms with Crippen LogP contribution in [0.4, 0.5) is 0 Å². The molecule has 2 rings (SSSR count). The van der Waals surface area contributed by atoms with Gasteiger partial charge in [-0.25, -0.2) is 0 Å². The largest absolute Gasteiger partial charge is 0.384 e. The molecule has 0 saturated heterocycles. The van der Waals surface area contributed by atoms with Crippen LogP contribution in [0.25, 0.3) is 0 Å². The van der Waals surface area contributed by atoms with Crippen molar-refractivity contribution in [2.75, 3.05) is 0 Å². The minimum Gasteiger partial charge on any atom is -0.384 e. The van der Waals surface area contributed by atoms with Crippen LogP contribution in [0.5, 0.6) is 0 Å². The molecule has 1 nitrogen and oxygen atoms in total. The van der Waals surface area contributed by atoms with Crippen molar-refractivity contribution in [2.45, 2.75) is 26.9 Å². The summed E-state index contributed by atoms with van der Waals surface area (Å²) < 4.78 is 0. The minimum atomic E-state index is -0.457. The van der Waals surface area contributed by atoms with Crippen LogP contribution in [0.2, 0.25) is 0 Å². The van der Waals surface area contributed by atoms with Crippen molar-refractivity contribution >= 4 is 22.7 Å². The van der Waals surface area contributed by atoms with Crippen molar-refractivity contribution in [2.24, 2.45) is 0 Å². The van der Waals surface area contributed by atoms with Gasteiger partial charge in [0.25, 0.3) is 0 Å². The van der Waals surface area contributed by atoms with E-state index in [1.54, 1.807) is 22.7 Å². The summed E-state index contributed by atoms with van der Waals surface area (Å²) in [6.45, 7) is 6.19. The molecule has 1 atom stereocenters. The van der Waals surface area contributed by atoms with Crippen LogP contribution in [-0.4, -0.2) is 5.11 Å². The van der Waals surface area contributed by atoms with E-state index < -0.39 is 6.10 Å². The van der Waals surface area contributed by atoms with E-state index in [2.05, 4.69) is 25.3 Å². The molecule has 0 radical (unpaired) electrons. The monoisotopic (exact) mass is 238 g/mol. The molecule has 0 saturated carbocycles. The molecule has 3 heteroatoms. The molecule has 2 aromatic heterocycles. The lowest BCUT2D eigenvalue weighted by Crippen LogP contribution is -1.99. The number of aliphatic hydroxyl groups excluding tert-OH is 1. The molecule has 0 amide bonds. The Kier molecular flexibility index (Phi) is 2.96. The summed E-state index contributed by atoms with van der Waals surface area (Å²) in [5, 5.41) is 14.4. The first-order valence-corrected chi connectivity index (χ1v) is 6.63. The van der Waals surface area contributed by atoms with Crippen LogP contribution in [0.3, 0.4) is 0 Å². The van der Waals surface area contributed by atoms with Crippen molar-refractivity contribution < 1.29 is 5.11 Å². The molecular weight excluding hydrogens is 224 g/mol. The molecule has 15 heavy (non-hydrogen) atoms. The minimum absolute atomic E-state index is 0.457. The van der Waals surface area contributed by atoms with Crippen LogP contribution >= 0.6 is 22.7 Å². The van der Waals surface area contributed by atoms with Gasteiger partial charge in [-0.05, 0) is 54.3 Å². The van der Waals surface area contributed by atoms with Crippen LogP contribution < -0.4 is 0 Å². The highest BCUT2D eigenvalue weighted by atomic mass is 32.1. The highest BCUT2D eigenvalue weighted by molar-refractivity contribution is 7.12. The maximum Gasteiger partial charge on any atom is 0.106 e. The van der Waals surface area contributed by atoms with Crippen LogP contribution in [0, 0.1) is 20.8 Å². The zero-order chi connectivity index (χ0) is 11.0. The predicted molar refractivity (Wildman–Crippen MR) is 66.9 cm³/mol. The SMILES string of the molecule is Cc1cc(C(O)c2cscc2C)c(C)s1. The molecule has 2 heterocycles. The summed E-state index contributed by atoms with van der Waals surface area (Å²) in [7, 11) is 0. The van der Waals surface area contributed by atoms with E-state index >= 15 is 0 Å². The lowest BCUT2D eigenvalue weighted by Gasteiger charge is -2.09. The van der Waals surface area contributed by atoms with Gasteiger partial charge in [-0.3, -0.25) is 0 Å². The third kappa shape index (κ3) is 2.00. The maximum atomic E-state index is 10.3. The van der Waals surface area contributed by atoms with Crippen LogP contribution in [0.15, 0.2) is 16.8 Å². The van der Waals surface area contributed by atoms with Gasteiger partial charge in [0.05, 0.1) is 0 Å². The van der Waals surface area contributed by atoms with Gasteiger partial charge in [0.1, 0.15) is 6.10 Å². The quantitative estimate of drug-likeness (QED) is 0.843. The van der Waals surface area contributed by atoms with E-state index in [0.717, 1.165) is 11.1 Å². The molecule has 0 aliphatic carbocycles. The number of hydrogen-bond acceptors (Lipinski definition) is 3. The summed E-state index contributed by atoms with van der Waals surface area (Å²) >= 11 is 3.39. The zero-order valence-corrected chi connectivity index (χ0v) is 10.7. The van der Waals surface area contributed by atoms with Gasteiger partial charge in [-0.1, -0.05) is 0 Å². The fraction of sp³-hybridized carbons (Fsp3) is 0.333. The third-order valence-electron chi connectivity index (χ3n) is 2.56. The average Bonchev–Trinajstić information content (AvgIpc) is 2.71. The van der Waals surface area contributed by atoms with Gasteiger partial charge < -0.3 is 5.11 Å². The van der Waals surface area contributed by atoms with Gasteiger partial charge in [0, 0.05) is 9.75 Å². The second-order valence-corrected chi connectivity index (χ2v) is 5.99. The van der Waals surface area contributed by atoms with Crippen molar-refractivity contribution in [1.82, 2.24) is 0 Å². The number of aliphatic hydroxyl groups is 1. The first-order chi connectivity index (χ1) is 7.09. The van der Waals surface area contributed by atoms with Gasteiger partial charge >= 0.3 is 0 Å². The lowest BCUT2D eigenvalue weighted by molar-refractivity contribution is 0.220. The smallest absolute Gasteiger partial charge is 0.106 e. The molecule has 0 aromatic carbocycles. The van der Waals surface area contributed by atoms with Crippen LogP contribution in [-0.2, 0) is 0 Å². The van der Waals surface area contributed by atoms with Crippen LogP contribution in [0.1, 0.15) is 32.5 Å². The first-order valence-electron chi connectivity index (χ1n) is 4.87. The van der Waals surface area contributed by atoms with E-state index in [-0.39, 0.29) is 0 Å². The number of hydrogen-bond donors (Lipinski definition) is 1. The Balaban J connectivity index is 2.40. The molecular formula is C12H14OS2. The highest BCUT2D eigenvalue weighted by Gasteiger charge is 2.17. The zero-order valence-electron chi connectivity index (χ0n) is 9.07. The van der Waals surface area contributed by atoms with E-state index in [1.807, 2.05) is 12.3 Å². The number of aryl methyl sites for hydroxylation is 3. The summed E-state index contributed by atoms with van der Waals surface area (Å²) in [4.78, 5) is 2.47.